The van der Waals surface area contributed by atoms with Gasteiger partial charge >= 0.3 is 0 Å². The number of aryl methyl sites for hydroxylation is 1. The van der Waals surface area contributed by atoms with Gasteiger partial charge in [0.05, 0.1) is 12.1 Å². The third-order valence-electron chi connectivity index (χ3n) is 6.23. The van der Waals surface area contributed by atoms with E-state index in [2.05, 4.69) is 11.8 Å². The van der Waals surface area contributed by atoms with Crippen LogP contribution in [0.1, 0.15) is 29.3 Å². The number of likely N-dealkylation sites (N-methyl/N-ethyl adjacent to an activating group) is 1. The predicted molar refractivity (Wildman–Crippen MR) is 110 cm³/mol. The zero-order valence-corrected chi connectivity index (χ0v) is 16.6. The van der Waals surface area contributed by atoms with Gasteiger partial charge in [0, 0.05) is 30.9 Å². The van der Waals surface area contributed by atoms with Crippen molar-refractivity contribution in [1.82, 2.24) is 9.80 Å². The second-order valence-corrected chi connectivity index (χ2v) is 7.92. The number of piperazine rings is 1. The van der Waals surface area contributed by atoms with Crippen LogP contribution in [0, 0.1) is 0 Å². The second kappa shape index (κ2) is 7.40. The van der Waals surface area contributed by atoms with Gasteiger partial charge in [-0.15, -0.1) is 0 Å². The SMILES string of the molecule is CCc1ccc(C(=O)N2CCC3(C2)CN(c2ccccc2)C(=O)CN3C)cc1. The van der Waals surface area contributed by atoms with Crippen LogP contribution >= 0.6 is 0 Å². The number of hydrogen-bond acceptors (Lipinski definition) is 3. The molecule has 0 N–H and O–H groups in total. The number of para-hydroxylation sites is 1. The Morgan fingerprint density at radius 3 is 2.43 bits per heavy atom. The maximum atomic E-state index is 13.0. The van der Waals surface area contributed by atoms with Gasteiger partial charge in [-0.25, -0.2) is 0 Å². The Morgan fingerprint density at radius 1 is 1.04 bits per heavy atom. The van der Waals surface area contributed by atoms with E-state index in [-0.39, 0.29) is 17.4 Å². The van der Waals surface area contributed by atoms with E-state index in [1.807, 2.05) is 71.4 Å². The Balaban J connectivity index is 1.53. The molecule has 1 atom stereocenters. The van der Waals surface area contributed by atoms with Gasteiger partial charge in [0.25, 0.3) is 5.91 Å². The summed E-state index contributed by atoms with van der Waals surface area (Å²) in [6.45, 7) is 4.47. The van der Waals surface area contributed by atoms with Gasteiger partial charge in [0.1, 0.15) is 0 Å². The van der Waals surface area contributed by atoms with Gasteiger partial charge < -0.3 is 9.80 Å². The van der Waals surface area contributed by atoms with E-state index in [1.54, 1.807) is 0 Å². The minimum atomic E-state index is -0.192. The lowest BCUT2D eigenvalue weighted by Gasteiger charge is -2.46. The van der Waals surface area contributed by atoms with E-state index in [0.717, 1.165) is 30.6 Å². The molecule has 0 bridgehead atoms. The fourth-order valence-electron chi connectivity index (χ4n) is 4.34. The molecule has 0 aliphatic carbocycles. The Hall–Kier alpha value is -2.66. The van der Waals surface area contributed by atoms with Crippen LogP contribution in [0.25, 0.3) is 0 Å². The minimum Gasteiger partial charge on any atom is -0.337 e. The van der Waals surface area contributed by atoms with Gasteiger partial charge in [0.15, 0.2) is 0 Å². The first-order valence-corrected chi connectivity index (χ1v) is 9.97. The van der Waals surface area contributed by atoms with E-state index in [1.165, 1.54) is 5.56 Å². The summed E-state index contributed by atoms with van der Waals surface area (Å²) in [4.78, 5) is 31.6. The zero-order chi connectivity index (χ0) is 19.7. The first-order valence-electron chi connectivity index (χ1n) is 9.97. The molecule has 4 rings (SSSR count). The van der Waals surface area contributed by atoms with Crippen molar-refractivity contribution in [3.05, 3.63) is 65.7 Å². The highest BCUT2D eigenvalue weighted by Crippen LogP contribution is 2.34. The number of anilines is 1. The first kappa shape index (κ1) is 18.7. The van der Waals surface area contributed by atoms with Crippen molar-refractivity contribution in [3.8, 4) is 0 Å². The Bertz CT molecular complexity index is 865. The highest BCUT2D eigenvalue weighted by atomic mass is 16.2. The molecule has 0 aromatic heterocycles. The average Bonchev–Trinajstić information content (AvgIpc) is 3.16. The number of hydrogen-bond donors (Lipinski definition) is 0. The molecule has 2 heterocycles. The standard InChI is InChI=1S/C23H27N3O2/c1-3-18-9-11-19(12-10-18)22(28)25-14-13-23(16-25)17-26(21(27)15-24(23)2)20-7-5-4-6-8-20/h4-12H,3,13-17H2,1-2H3. The van der Waals surface area contributed by atoms with Crippen LogP contribution in [0.4, 0.5) is 5.69 Å². The summed E-state index contributed by atoms with van der Waals surface area (Å²) in [5, 5.41) is 0. The van der Waals surface area contributed by atoms with Crippen LogP contribution < -0.4 is 4.90 Å². The number of carbonyl (C=O) groups is 2. The van der Waals surface area contributed by atoms with Crippen LogP contribution in [0.3, 0.4) is 0 Å². The summed E-state index contributed by atoms with van der Waals surface area (Å²) < 4.78 is 0. The quantitative estimate of drug-likeness (QED) is 0.826. The molecule has 2 aromatic rings. The highest BCUT2D eigenvalue weighted by Gasteiger charge is 2.48. The van der Waals surface area contributed by atoms with Crippen molar-refractivity contribution in [2.45, 2.75) is 25.3 Å². The molecular weight excluding hydrogens is 350 g/mol. The number of rotatable bonds is 3. The summed E-state index contributed by atoms with van der Waals surface area (Å²) in [7, 11) is 2.00. The molecule has 1 spiro atoms. The largest absolute Gasteiger partial charge is 0.337 e. The molecular formula is C23H27N3O2. The molecule has 2 aliphatic rings. The lowest BCUT2D eigenvalue weighted by molar-refractivity contribution is -0.123. The third kappa shape index (κ3) is 3.31. The van der Waals surface area contributed by atoms with E-state index < -0.39 is 0 Å². The van der Waals surface area contributed by atoms with Gasteiger partial charge in [-0.2, -0.15) is 0 Å². The van der Waals surface area contributed by atoms with Crippen LogP contribution in [-0.2, 0) is 11.2 Å². The number of benzene rings is 2. The topological polar surface area (TPSA) is 43.9 Å². The summed E-state index contributed by atoms with van der Waals surface area (Å²) in [5.74, 6) is 0.190. The minimum absolute atomic E-state index is 0.0797. The van der Waals surface area contributed by atoms with E-state index in [4.69, 9.17) is 0 Å². The third-order valence-corrected chi connectivity index (χ3v) is 6.23. The van der Waals surface area contributed by atoms with Crippen molar-refractivity contribution in [3.63, 3.8) is 0 Å². The van der Waals surface area contributed by atoms with Crippen molar-refractivity contribution in [2.24, 2.45) is 0 Å². The molecule has 1 unspecified atom stereocenters. The fourth-order valence-corrected chi connectivity index (χ4v) is 4.34. The van der Waals surface area contributed by atoms with E-state index in [9.17, 15) is 9.59 Å². The molecule has 2 aromatic carbocycles. The maximum absolute atomic E-state index is 13.0. The number of amides is 2. The summed E-state index contributed by atoms with van der Waals surface area (Å²) in [6, 6.07) is 17.7. The van der Waals surface area contributed by atoms with Gasteiger partial charge in [0.2, 0.25) is 5.91 Å². The molecule has 0 saturated carbocycles. The van der Waals surface area contributed by atoms with Crippen molar-refractivity contribution in [2.75, 3.05) is 38.1 Å². The Labute approximate surface area is 166 Å². The second-order valence-electron chi connectivity index (χ2n) is 7.92. The number of carbonyl (C=O) groups excluding carboxylic acids is 2. The molecule has 2 aliphatic heterocycles. The molecule has 2 fully saturated rings. The number of nitrogens with zero attached hydrogens (tertiary/aromatic N) is 3. The normalized spacial score (nSPS) is 22.9. The van der Waals surface area contributed by atoms with Crippen molar-refractivity contribution >= 4 is 17.5 Å². The first-order chi connectivity index (χ1) is 13.5. The molecule has 0 radical (unpaired) electrons. The lowest BCUT2D eigenvalue weighted by atomic mass is 9.92. The molecule has 28 heavy (non-hydrogen) atoms. The van der Waals surface area contributed by atoms with Crippen LogP contribution in [0.15, 0.2) is 54.6 Å². The summed E-state index contributed by atoms with van der Waals surface area (Å²) in [5.41, 5.74) is 2.71. The van der Waals surface area contributed by atoms with Gasteiger partial charge in [-0.3, -0.25) is 14.5 Å². The Kier molecular flexibility index (Phi) is 4.94. The monoisotopic (exact) mass is 377 g/mol. The highest BCUT2D eigenvalue weighted by molar-refractivity contribution is 5.97. The zero-order valence-electron chi connectivity index (χ0n) is 16.6. The van der Waals surface area contributed by atoms with Gasteiger partial charge in [-0.1, -0.05) is 37.3 Å². The average molecular weight is 377 g/mol. The van der Waals surface area contributed by atoms with E-state index in [0.29, 0.717) is 19.6 Å². The van der Waals surface area contributed by atoms with Gasteiger partial charge in [-0.05, 0) is 49.7 Å². The molecule has 146 valence electrons. The molecule has 5 heteroatoms. The van der Waals surface area contributed by atoms with Crippen molar-refractivity contribution in [1.29, 1.82) is 0 Å². The maximum Gasteiger partial charge on any atom is 0.253 e. The van der Waals surface area contributed by atoms with Crippen LogP contribution in [0.2, 0.25) is 0 Å². The molecule has 2 saturated heterocycles. The van der Waals surface area contributed by atoms with Crippen LogP contribution in [0.5, 0.6) is 0 Å². The van der Waals surface area contributed by atoms with E-state index >= 15 is 0 Å². The Morgan fingerprint density at radius 2 is 1.75 bits per heavy atom. The number of likely N-dealkylation sites (tertiary alicyclic amines) is 1. The summed E-state index contributed by atoms with van der Waals surface area (Å²) in [6.07, 6.45) is 1.84. The lowest BCUT2D eigenvalue weighted by Crippen LogP contribution is -2.64. The predicted octanol–water partition coefficient (Wildman–Crippen LogP) is 2.81. The smallest absolute Gasteiger partial charge is 0.253 e. The molecule has 5 nitrogen and oxygen atoms in total. The van der Waals surface area contributed by atoms with Crippen LogP contribution in [-0.4, -0.2) is 60.4 Å². The summed E-state index contributed by atoms with van der Waals surface area (Å²) >= 11 is 0. The molecule has 2 amide bonds. The van der Waals surface area contributed by atoms with Crippen molar-refractivity contribution < 1.29 is 9.59 Å². The fraction of sp³-hybridized carbons (Fsp3) is 0.391.